The molecule has 2 fully saturated rings. The molecule has 0 aliphatic carbocycles. The minimum Gasteiger partial charge on any atom is -0.355 e. The van der Waals surface area contributed by atoms with Crippen LogP contribution < -0.4 is 9.80 Å². The highest BCUT2D eigenvalue weighted by Crippen LogP contribution is 2.47. The molecular weight excluding hydrogens is 412 g/mol. The van der Waals surface area contributed by atoms with Crippen LogP contribution in [0.5, 0.6) is 0 Å². The third kappa shape index (κ3) is 3.99. The molecular formula is C26H34N6O. The van der Waals surface area contributed by atoms with Crippen molar-refractivity contribution in [2.45, 2.75) is 37.1 Å². The zero-order valence-corrected chi connectivity index (χ0v) is 19.8. The summed E-state index contributed by atoms with van der Waals surface area (Å²) >= 11 is 0. The zero-order valence-electron chi connectivity index (χ0n) is 19.8. The van der Waals surface area contributed by atoms with Crippen LogP contribution in [0, 0.1) is 0 Å². The van der Waals surface area contributed by atoms with Crippen molar-refractivity contribution in [3.8, 4) is 0 Å². The van der Waals surface area contributed by atoms with Gasteiger partial charge < -0.3 is 14.7 Å². The number of aromatic nitrogens is 2. The van der Waals surface area contributed by atoms with E-state index in [4.69, 9.17) is 0 Å². The van der Waals surface area contributed by atoms with Crippen LogP contribution in [0.3, 0.4) is 0 Å². The number of carbonyl (C=O) groups excluding carboxylic acids is 1. The average Bonchev–Trinajstić information content (AvgIpc) is 3.18. The standard InChI is InChI=1S/C26H34N6O/c1-4-20-17-27-18-24(28-20)31-13-9-21(10-14-31)30-15-11-26(12-16-30)19-32(25(33)29(2)3)23-8-6-5-7-22(23)26/h4-8,17-18,21H,1,9-16,19H2,2-3H3. The smallest absolute Gasteiger partial charge is 0.323 e. The molecule has 33 heavy (non-hydrogen) atoms. The van der Waals surface area contributed by atoms with E-state index in [1.807, 2.05) is 31.3 Å². The van der Waals surface area contributed by atoms with Gasteiger partial charge in [-0.05, 0) is 56.5 Å². The Hall–Kier alpha value is -2.93. The first-order chi connectivity index (χ1) is 16.0. The Morgan fingerprint density at radius 3 is 2.55 bits per heavy atom. The van der Waals surface area contributed by atoms with E-state index in [0.29, 0.717) is 6.04 Å². The minimum atomic E-state index is 0.0812. The van der Waals surface area contributed by atoms with Gasteiger partial charge in [-0.25, -0.2) is 9.78 Å². The van der Waals surface area contributed by atoms with Gasteiger partial charge in [0.2, 0.25) is 0 Å². The highest BCUT2D eigenvalue weighted by molar-refractivity contribution is 5.95. The van der Waals surface area contributed by atoms with Crippen LogP contribution in [0.15, 0.2) is 43.2 Å². The number of nitrogens with zero attached hydrogens (tertiary/aromatic N) is 6. The number of anilines is 2. The number of piperidine rings is 2. The molecule has 174 valence electrons. The number of para-hydroxylation sites is 1. The Morgan fingerprint density at radius 2 is 1.85 bits per heavy atom. The molecule has 2 aromatic rings. The van der Waals surface area contributed by atoms with E-state index in [1.54, 1.807) is 17.2 Å². The lowest BCUT2D eigenvalue weighted by Gasteiger charge is -2.45. The minimum absolute atomic E-state index is 0.0812. The van der Waals surface area contributed by atoms with Crippen molar-refractivity contribution < 1.29 is 4.79 Å². The van der Waals surface area contributed by atoms with Gasteiger partial charge in [-0.2, -0.15) is 0 Å². The quantitative estimate of drug-likeness (QED) is 0.721. The van der Waals surface area contributed by atoms with Crippen LogP contribution in [-0.4, -0.2) is 78.7 Å². The van der Waals surface area contributed by atoms with Gasteiger partial charge in [0.1, 0.15) is 5.82 Å². The summed E-state index contributed by atoms with van der Waals surface area (Å²) in [6.45, 7) is 8.81. The number of rotatable bonds is 3. The Bertz CT molecular complexity index is 1020. The molecule has 4 heterocycles. The summed E-state index contributed by atoms with van der Waals surface area (Å²) in [4.78, 5) is 30.5. The lowest BCUT2D eigenvalue weighted by molar-refractivity contribution is 0.104. The summed E-state index contributed by atoms with van der Waals surface area (Å²) in [6, 6.07) is 9.22. The van der Waals surface area contributed by atoms with Gasteiger partial charge in [0.25, 0.3) is 0 Å². The van der Waals surface area contributed by atoms with E-state index in [-0.39, 0.29) is 11.4 Å². The van der Waals surface area contributed by atoms with Crippen molar-refractivity contribution >= 4 is 23.6 Å². The number of hydrogen-bond donors (Lipinski definition) is 0. The molecule has 1 aromatic heterocycles. The highest BCUT2D eigenvalue weighted by atomic mass is 16.2. The van der Waals surface area contributed by atoms with Crippen LogP contribution in [0.2, 0.25) is 0 Å². The highest BCUT2D eigenvalue weighted by Gasteiger charge is 2.47. The lowest BCUT2D eigenvalue weighted by atomic mass is 9.74. The van der Waals surface area contributed by atoms with Gasteiger partial charge in [0.15, 0.2) is 0 Å². The van der Waals surface area contributed by atoms with Gasteiger partial charge in [-0.3, -0.25) is 9.88 Å². The summed E-state index contributed by atoms with van der Waals surface area (Å²) in [5.74, 6) is 0.955. The Kier molecular flexibility index (Phi) is 5.83. The molecule has 1 spiro atoms. The summed E-state index contributed by atoms with van der Waals surface area (Å²) in [5.41, 5.74) is 3.37. The first kappa shape index (κ1) is 21.9. The third-order valence-corrected chi connectivity index (χ3v) is 7.75. The molecule has 2 amide bonds. The molecule has 0 N–H and O–H groups in total. The number of fused-ring (bicyclic) bond motifs is 2. The van der Waals surface area contributed by atoms with Gasteiger partial charge >= 0.3 is 6.03 Å². The van der Waals surface area contributed by atoms with Gasteiger partial charge in [-0.15, -0.1) is 0 Å². The second-order valence-electron chi connectivity index (χ2n) is 9.82. The number of hydrogen-bond acceptors (Lipinski definition) is 5. The van der Waals surface area contributed by atoms with Crippen LogP contribution in [0.1, 0.15) is 36.9 Å². The van der Waals surface area contributed by atoms with Gasteiger partial charge in [0.05, 0.1) is 18.1 Å². The number of urea groups is 1. The summed E-state index contributed by atoms with van der Waals surface area (Å²) < 4.78 is 0. The van der Waals surface area contributed by atoms with Crippen LogP contribution in [0.25, 0.3) is 6.08 Å². The second-order valence-corrected chi connectivity index (χ2v) is 9.82. The normalized spacial score (nSPS) is 20.7. The van der Waals surface area contributed by atoms with Crippen LogP contribution in [-0.2, 0) is 5.41 Å². The second kappa shape index (κ2) is 8.78. The summed E-state index contributed by atoms with van der Waals surface area (Å²) in [6.07, 6.45) is 9.87. The van der Waals surface area contributed by atoms with Crippen molar-refractivity contribution in [1.82, 2.24) is 19.8 Å². The topological polar surface area (TPSA) is 55.8 Å². The maximum Gasteiger partial charge on any atom is 0.323 e. The molecule has 0 atom stereocenters. The van der Waals surface area contributed by atoms with Crippen molar-refractivity contribution in [3.63, 3.8) is 0 Å². The molecule has 0 bridgehead atoms. The van der Waals surface area contributed by atoms with E-state index in [0.717, 1.165) is 75.6 Å². The Labute approximate surface area is 196 Å². The molecule has 0 saturated carbocycles. The number of likely N-dealkylation sites (tertiary alicyclic amines) is 1. The Balaban J connectivity index is 1.23. The van der Waals surface area contributed by atoms with Gasteiger partial charge in [-0.1, -0.05) is 24.8 Å². The molecule has 7 nitrogen and oxygen atoms in total. The van der Waals surface area contributed by atoms with E-state index < -0.39 is 0 Å². The lowest BCUT2D eigenvalue weighted by Crippen LogP contribution is -2.52. The molecule has 3 aliphatic heterocycles. The first-order valence-corrected chi connectivity index (χ1v) is 12.0. The van der Waals surface area contributed by atoms with Crippen LogP contribution in [0.4, 0.5) is 16.3 Å². The van der Waals surface area contributed by atoms with Gasteiger partial charge in [0, 0.05) is 50.9 Å². The van der Waals surface area contributed by atoms with E-state index in [1.165, 1.54) is 5.56 Å². The predicted molar refractivity (Wildman–Crippen MR) is 133 cm³/mol. The fourth-order valence-corrected chi connectivity index (χ4v) is 5.87. The Morgan fingerprint density at radius 1 is 1.12 bits per heavy atom. The molecule has 0 radical (unpaired) electrons. The fraction of sp³-hybridized carbons (Fsp3) is 0.500. The van der Waals surface area contributed by atoms with E-state index >= 15 is 0 Å². The third-order valence-electron chi connectivity index (χ3n) is 7.75. The predicted octanol–water partition coefficient (Wildman–Crippen LogP) is 3.62. The number of carbonyl (C=O) groups is 1. The molecule has 3 aliphatic rings. The van der Waals surface area contributed by atoms with E-state index in [2.05, 4.69) is 44.5 Å². The molecule has 2 saturated heterocycles. The first-order valence-electron chi connectivity index (χ1n) is 12.0. The molecule has 7 heteroatoms. The molecule has 5 rings (SSSR count). The van der Waals surface area contributed by atoms with Crippen molar-refractivity contribution in [2.75, 3.05) is 56.6 Å². The monoisotopic (exact) mass is 446 g/mol. The largest absolute Gasteiger partial charge is 0.355 e. The number of benzene rings is 1. The van der Waals surface area contributed by atoms with Crippen molar-refractivity contribution in [3.05, 3.63) is 54.5 Å². The summed E-state index contributed by atoms with van der Waals surface area (Å²) in [7, 11) is 3.67. The van der Waals surface area contributed by atoms with Crippen LogP contribution >= 0.6 is 0 Å². The van der Waals surface area contributed by atoms with Crippen molar-refractivity contribution in [1.29, 1.82) is 0 Å². The molecule has 0 unspecified atom stereocenters. The van der Waals surface area contributed by atoms with E-state index in [9.17, 15) is 4.79 Å². The number of amides is 2. The molecule has 1 aromatic carbocycles. The zero-order chi connectivity index (χ0) is 23.0. The maximum atomic E-state index is 12.9. The maximum absolute atomic E-state index is 12.9. The van der Waals surface area contributed by atoms with Crippen molar-refractivity contribution in [2.24, 2.45) is 0 Å². The fourth-order valence-electron chi connectivity index (χ4n) is 5.87. The summed E-state index contributed by atoms with van der Waals surface area (Å²) in [5, 5.41) is 0. The average molecular weight is 447 g/mol. The SMILES string of the molecule is C=Cc1cncc(N2CCC(N3CCC4(CC3)CN(C(=O)N(C)C)c3ccccc34)CC2)n1.